The Balaban J connectivity index is 0.000000267. The van der Waals surface area contributed by atoms with Crippen molar-refractivity contribution in [2.45, 2.75) is 72.1 Å². The van der Waals surface area contributed by atoms with Crippen LogP contribution in [0.2, 0.25) is 0 Å². The van der Waals surface area contributed by atoms with Crippen LogP contribution in [-0.2, 0) is 22.4 Å². The fraction of sp³-hybridized carbons (Fsp3) is 0.452. The number of carbonyl (C=O) groups is 3. The van der Waals surface area contributed by atoms with Crippen LogP contribution in [0.5, 0.6) is 5.88 Å². The van der Waals surface area contributed by atoms with Gasteiger partial charge in [0.05, 0.1) is 0 Å². The van der Waals surface area contributed by atoms with Crippen LogP contribution in [0.1, 0.15) is 80.8 Å². The normalized spacial score (nSPS) is 10.7. The number of aldehydes is 1. The molecule has 0 spiro atoms. The summed E-state index contributed by atoms with van der Waals surface area (Å²) in [5, 5.41) is 8.64. The van der Waals surface area contributed by atoms with Crippen molar-refractivity contribution in [2.75, 3.05) is 19.6 Å². The minimum atomic E-state index is -1.59. The van der Waals surface area contributed by atoms with Crippen LogP contribution < -0.4 is 4.74 Å². The molecule has 0 aliphatic carbocycles. The molecule has 0 fully saturated rings. The van der Waals surface area contributed by atoms with Crippen molar-refractivity contribution in [3.63, 3.8) is 0 Å². The maximum atomic E-state index is 11.2. The Morgan fingerprint density at radius 2 is 1.61 bits per heavy atom. The molecule has 38 heavy (non-hydrogen) atoms. The van der Waals surface area contributed by atoms with Gasteiger partial charge < -0.3 is 14.7 Å². The lowest BCUT2D eigenvalue weighted by Gasteiger charge is -2.21. The van der Waals surface area contributed by atoms with Crippen molar-refractivity contribution >= 4 is 23.7 Å². The van der Waals surface area contributed by atoms with Crippen molar-refractivity contribution < 1.29 is 24.2 Å². The second-order valence-electron chi connectivity index (χ2n) is 9.43. The number of ether oxygens (including phenoxy) is 1. The summed E-state index contributed by atoms with van der Waals surface area (Å²) < 4.78 is 6.67. The van der Waals surface area contributed by atoms with E-state index in [1.807, 2.05) is 30.3 Å². The summed E-state index contributed by atoms with van der Waals surface area (Å²) in [7, 11) is 0. The molecule has 0 radical (unpaired) electrons. The predicted molar refractivity (Wildman–Crippen MR) is 151 cm³/mol. The van der Waals surface area contributed by atoms with Gasteiger partial charge in [0, 0.05) is 22.8 Å². The van der Waals surface area contributed by atoms with Gasteiger partial charge in [0.15, 0.2) is 0 Å². The molecule has 2 aromatic heterocycles. The molecule has 206 valence electrons. The van der Waals surface area contributed by atoms with Crippen LogP contribution in [0.15, 0.2) is 54.7 Å². The number of hydrogen-bond acceptors (Lipinski definition) is 5. The highest BCUT2D eigenvalue weighted by Crippen LogP contribution is 2.26. The number of carbonyl (C=O) groups excluding carboxylic acids is 2. The molecule has 0 aliphatic rings. The van der Waals surface area contributed by atoms with E-state index in [0.29, 0.717) is 5.88 Å². The van der Waals surface area contributed by atoms with Crippen LogP contribution in [0, 0.1) is 0 Å². The van der Waals surface area contributed by atoms with Gasteiger partial charge in [-0.25, -0.2) is 9.59 Å². The first-order chi connectivity index (χ1) is 18.4. The average Bonchev–Trinajstić information content (AvgIpc) is 3.28. The van der Waals surface area contributed by atoms with Crippen molar-refractivity contribution in [1.82, 2.24) is 9.30 Å². The molecule has 0 bridgehead atoms. The van der Waals surface area contributed by atoms with Gasteiger partial charge in [0.2, 0.25) is 5.88 Å². The lowest BCUT2D eigenvalue weighted by atomic mass is 10.1. The number of esters is 1. The van der Waals surface area contributed by atoms with E-state index in [2.05, 4.69) is 37.8 Å². The smallest absolute Gasteiger partial charge is 0.423 e. The lowest BCUT2D eigenvalue weighted by Crippen LogP contribution is -2.27. The van der Waals surface area contributed by atoms with E-state index >= 15 is 0 Å². The van der Waals surface area contributed by atoms with Crippen molar-refractivity contribution in [3.8, 4) is 5.88 Å². The van der Waals surface area contributed by atoms with E-state index in [1.54, 1.807) is 16.7 Å². The minimum Gasteiger partial charge on any atom is -0.473 e. The van der Waals surface area contributed by atoms with Gasteiger partial charge in [-0.05, 0) is 81.9 Å². The Bertz CT molecular complexity index is 1140. The first kappa shape index (κ1) is 30.8. The molecule has 0 saturated heterocycles. The molecule has 1 aromatic carbocycles. The molecule has 3 rings (SSSR count). The average molecular weight is 523 g/mol. The molecule has 7 heteroatoms. The van der Waals surface area contributed by atoms with E-state index in [1.165, 1.54) is 50.9 Å². The molecular formula is C31H42N2O5. The van der Waals surface area contributed by atoms with Crippen molar-refractivity contribution in [3.05, 3.63) is 71.4 Å². The Hall–Kier alpha value is -3.45. The maximum Gasteiger partial charge on any atom is 0.423 e. The van der Waals surface area contributed by atoms with Crippen molar-refractivity contribution in [2.24, 2.45) is 0 Å². The van der Waals surface area contributed by atoms with Gasteiger partial charge in [-0.3, -0.25) is 9.20 Å². The zero-order chi connectivity index (χ0) is 27.8. The van der Waals surface area contributed by atoms with Crippen LogP contribution in [-0.4, -0.2) is 52.3 Å². The monoisotopic (exact) mass is 522 g/mol. The minimum absolute atomic E-state index is 0.302. The van der Waals surface area contributed by atoms with E-state index in [9.17, 15) is 14.4 Å². The number of hydrogen-bond donors (Lipinski definition) is 1. The molecule has 7 nitrogen and oxygen atoms in total. The van der Waals surface area contributed by atoms with Gasteiger partial charge in [-0.15, -0.1) is 0 Å². The third-order valence-corrected chi connectivity index (χ3v) is 6.29. The number of carboxylic acid groups (broad SMARTS) is 1. The molecule has 3 aromatic rings. The van der Waals surface area contributed by atoms with Crippen LogP contribution in [0.25, 0.3) is 5.52 Å². The van der Waals surface area contributed by atoms with Gasteiger partial charge in [-0.1, -0.05) is 63.9 Å². The molecule has 0 saturated carbocycles. The Morgan fingerprint density at radius 1 is 0.895 bits per heavy atom. The summed E-state index contributed by atoms with van der Waals surface area (Å²) in [6.07, 6.45) is 11.5. The largest absolute Gasteiger partial charge is 0.473 e. The van der Waals surface area contributed by atoms with Gasteiger partial charge in [0.25, 0.3) is 0 Å². The quantitative estimate of drug-likeness (QED) is 0.154. The number of carboxylic acids is 1. The summed E-state index contributed by atoms with van der Waals surface area (Å²) in [6, 6.07) is 15.4. The number of aryl methyl sites for hydroxylation is 2. The third-order valence-electron chi connectivity index (χ3n) is 6.29. The lowest BCUT2D eigenvalue weighted by molar-refractivity contribution is -0.158. The standard InChI is InChI=1S/C17H27NO.C14H15NO4/c1-3-5-13-18(12-4-2)14-6-7-16-8-10-17(15-19)11-9-16;1-2-3-6-10-9-11-7-4-5-8-15(11)12(10)19-14(18)13(16)17/h8-11,15H,3-7,12-14H2,1-2H3;4-5,7-9H,2-3,6H2,1H3,(H,16,17). The van der Waals surface area contributed by atoms with Crippen LogP contribution in [0.3, 0.4) is 0 Å². The van der Waals surface area contributed by atoms with Gasteiger partial charge in [0.1, 0.15) is 6.29 Å². The number of aliphatic carboxylic acids is 1. The highest BCUT2D eigenvalue weighted by atomic mass is 16.6. The number of fused-ring (bicyclic) bond motifs is 1. The summed E-state index contributed by atoms with van der Waals surface area (Å²) in [5.41, 5.74) is 3.82. The zero-order valence-electron chi connectivity index (χ0n) is 23.0. The van der Waals surface area contributed by atoms with Crippen molar-refractivity contribution in [1.29, 1.82) is 0 Å². The third kappa shape index (κ3) is 10.1. The number of benzene rings is 1. The van der Waals surface area contributed by atoms with Crippen LogP contribution in [0.4, 0.5) is 0 Å². The second kappa shape index (κ2) is 17.1. The number of nitrogens with zero attached hydrogens (tertiary/aromatic N) is 2. The Morgan fingerprint density at radius 3 is 2.24 bits per heavy atom. The predicted octanol–water partition coefficient (Wildman–Crippen LogP) is 6.22. The maximum absolute atomic E-state index is 11.2. The highest BCUT2D eigenvalue weighted by Gasteiger charge is 2.19. The molecule has 2 heterocycles. The Labute approximate surface area is 226 Å². The number of pyridine rings is 1. The summed E-state index contributed by atoms with van der Waals surface area (Å²) in [4.78, 5) is 35.0. The van der Waals surface area contributed by atoms with Gasteiger partial charge in [-0.2, -0.15) is 0 Å². The number of unbranched alkanes of at least 4 members (excludes halogenated alkanes) is 2. The molecule has 0 aliphatic heterocycles. The number of rotatable bonds is 14. The first-order valence-corrected chi connectivity index (χ1v) is 13.7. The van der Waals surface area contributed by atoms with E-state index < -0.39 is 11.9 Å². The summed E-state index contributed by atoms with van der Waals surface area (Å²) in [6.45, 7) is 10.2. The fourth-order valence-electron chi connectivity index (χ4n) is 4.25. The molecule has 0 atom stereocenters. The molecule has 1 N–H and O–H groups in total. The highest BCUT2D eigenvalue weighted by molar-refractivity contribution is 6.29. The SMILES string of the molecule is CCCCN(CCC)CCCc1ccc(C=O)cc1.CCCCc1cc2ccccn2c1OC(=O)C(=O)O. The number of aromatic nitrogens is 1. The summed E-state index contributed by atoms with van der Waals surface area (Å²) in [5.74, 6) is -2.55. The van der Waals surface area contributed by atoms with E-state index in [4.69, 9.17) is 9.84 Å². The van der Waals surface area contributed by atoms with Gasteiger partial charge >= 0.3 is 11.9 Å². The van der Waals surface area contributed by atoms with Crippen LogP contribution >= 0.6 is 0 Å². The van der Waals surface area contributed by atoms with E-state index in [-0.39, 0.29) is 0 Å². The zero-order valence-corrected chi connectivity index (χ0v) is 23.0. The first-order valence-electron chi connectivity index (χ1n) is 13.7. The topological polar surface area (TPSA) is 88.3 Å². The molecular weight excluding hydrogens is 480 g/mol. The van der Waals surface area contributed by atoms with E-state index in [0.717, 1.165) is 48.6 Å². The fourth-order valence-corrected chi connectivity index (χ4v) is 4.25. The Kier molecular flexibility index (Phi) is 13.9. The molecule has 0 unspecified atom stereocenters. The molecule has 0 amide bonds. The second-order valence-corrected chi connectivity index (χ2v) is 9.43. The summed E-state index contributed by atoms with van der Waals surface area (Å²) >= 11 is 0.